The Bertz CT molecular complexity index is 98.9. The Morgan fingerprint density at radius 2 is 1.80 bits per heavy atom. The number of hydrogen-bond acceptors (Lipinski definition) is 1. The van der Waals surface area contributed by atoms with Crippen molar-refractivity contribution in [3.63, 3.8) is 0 Å². The zero-order valence-corrected chi connectivity index (χ0v) is 7.14. The molecule has 1 heteroatoms. The van der Waals surface area contributed by atoms with Gasteiger partial charge in [0.25, 0.3) is 0 Å². The summed E-state index contributed by atoms with van der Waals surface area (Å²) in [6, 6.07) is 0.494. The van der Waals surface area contributed by atoms with Gasteiger partial charge in [-0.1, -0.05) is 26.7 Å². The molecule has 0 spiro atoms. The largest absolute Gasteiger partial charge is 0.327 e. The van der Waals surface area contributed by atoms with Gasteiger partial charge in [-0.25, -0.2) is 0 Å². The molecule has 0 heterocycles. The minimum Gasteiger partial charge on any atom is -0.327 e. The second-order valence-electron chi connectivity index (χ2n) is 3.86. The van der Waals surface area contributed by atoms with Crippen molar-refractivity contribution < 1.29 is 0 Å². The van der Waals surface area contributed by atoms with Crippen molar-refractivity contribution in [2.75, 3.05) is 0 Å². The Kier molecular flexibility index (Phi) is 2.72. The smallest absolute Gasteiger partial charge is 0.00696 e. The van der Waals surface area contributed by atoms with Crippen LogP contribution in [0.15, 0.2) is 0 Å². The lowest BCUT2D eigenvalue weighted by Gasteiger charge is -2.31. The zero-order valence-electron chi connectivity index (χ0n) is 7.14. The minimum atomic E-state index is 0.494. The van der Waals surface area contributed by atoms with Crippen molar-refractivity contribution in [2.45, 2.75) is 45.6 Å². The fraction of sp³-hybridized carbons (Fsp3) is 1.00. The molecule has 60 valence electrons. The van der Waals surface area contributed by atoms with Crippen LogP contribution in [0.2, 0.25) is 0 Å². The second-order valence-corrected chi connectivity index (χ2v) is 3.86. The van der Waals surface area contributed by atoms with Crippen LogP contribution in [0.5, 0.6) is 0 Å². The Morgan fingerprint density at radius 1 is 1.20 bits per heavy atom. The third-order valence-electron chi connectivity index (χ3n) is 2.73. The third-order valence-corrected chi connectivity index (χ3v) is 2.73. The first-order chi connectivity index (χ1) is 4.72. The maximum absolute atomic E-state index is 5.98. The Hall–Kier alpha value is -0.0400. The zero-order chi connectivity index (χ0) is 7.56. The van der Waals surface area contributed by atoms with Gasteiger partial charge in [-0.15, -0.1) is 0 Å². The highest BCUT2D eigenvalue weighted by Gasteiger charge is 2.23. The monoisotopic (exact) mass is 141 g/mol. The summed E-state index contributed by atoms with van der Waals surface area (Å²) in [6.07, 6.45) is 5.36. The van der Waals surface area contributed by atoms with Gasteiger partial charge in [-0.2, -0.15) is 0 Å². The Labute approximate surface area is 64.0 Å². The summed E-state index contributed by atoms with van der Waals surface area (Å²) in [4.78, 5) is 0. The normalized spacial score (nSPS) is 34.8. The molecule has 1 nitrogen and oxygen atoms in total. The molecular weight excluding hydrogens is 122 g/mol. The highest BCUT2D eigenvalue weighted by molar-refractivity contribution is 4.79. The SMILES string of the molecule is CC(C)[C@H]1CCCC[C@@H]1N. The molecule has 1 aliphatic carbocycles. The van der Waals surface area contributed by atoms with E-state index in [2.05, 4.69) is 13.8 Å². The average molecular weight is 141 g/mol. The van der Waals surface area contributed by atoms with Crippen LogP contribution in [0, 0.1) is 11.8 Å². The number of hydrogen-bond donors (Lipinski definition) is 1. The fourth-order valence-corrected chi connectivity index (χ4v) is 2.02. The van der Waals surface area contributed by atoms with Gasteiger partial charge >= 0.3 is 0 Å². The molecule has 1 aliphatic rings. The van der Waals surface area contributed by atoms with E-state index < -0.39 is 0 Å². The van der Waals surface area contributed by atoms with E-state index in [0.717, 1.165) is 11.8 Å². The molecular formula is C9H19N. The molecule has 0 bridgehead atoms. The van der Waals surface area contributed by atoms with E-state index in [1.54, 1.807) is 0 Å². The minimum absolute atomic E-state index is 0.494. The molecule has 2 atom stereocenters. The quantitative estimate of drug-likeness (QED) is 0.595. The second kappa shape index (κ2) is 3.38. The summed E-state index contributed by atoms with van der Waals surface area (Å²) < 4.78 is 0. The van der Waals surface area contributed by atoms with Crippen LogP contribution in [0.4, 0.5) is 0 Å². The van der Waals surface area contributed by atoms with Crippen molar-refractivity contribution in [3.8, 4) is 0 Å². The van der Waals surface area contributed by atoms with Crippen LogP contribution >= 0.6 is 0 Å². The third kappa shape index (κ3) is 1.72. The van der Waals surface area contributed by atoms with E-state index in [-0.39, 0.29) is 0 Å². The first-order valence-corrected chi connectivity index (χ1v) is 4.47. The molecule has 2 N–H and O–H groups in total. The molecule has 10 heavy (non-hydrogen) atoms. The molecule has 1 fully saturated rings. The first kappa shape index (κ1) is 8.06. The van der Waals surface area contributed by atoms with Crippen LogP contribution in [-0.4, -0.2) is 6.04 Å². The molecule has 1 rings (SSSR count). The fourth-order valence-electron chi connectivity index (χ4n) is 2.02. The lowest BCUT2D eigenvalue weighted by atomic mass is 9.78. The predicted molar refractivity (Wildman–Crippen MR) is 44.8 cm³/mol. The van der Waals surface area contributed by atoms with Gasteiger partial charge in [0.2, 0.25) is 0 Å². The van der Waals surface area contributed by atoms with Crippen LogP contribution in [-0.2, 0) is 0 Å². The maximum Gasteiger partial charge on any atom is 0.00696 e. The van der Waals surface area contributed by atoms with Gasteiger partial charge < -0.3 is 5.73 Å². The van der Waals surface area contributed by atoms with Gasteiger partial charge in [-0.05, 0) is 24.7 Å². The van der Waals surface area contributed by atoms with Crippen molar-refractivity contribution in [1.29, 1.82) is 0 Å². The van der Waals surface area contributed by atoms with Crippen LogP contribution < -0.4 is 5.73 Å². The molecule has 0 aromatic rings. The Morgan fingerprint density at radius 3 is 2.20 bits per heavy atom. The molecule has 0 amide bonds. The van der Waals surface area contributed by atoms with E-state index in [9.17, 15) is 0 Å². The van der Waals surface area contributed by atoms with Crippen LogP contribution in [0.3, 0.4) is 0 Å². The lowest BCUT2D eigenvalue weighted by Crippen LogP contribution is -2.35. The summed E-state index contributed by atoms with van der Waals surface area (Å²) >= 11 is 0. The highest BCUT2D eigenvalue weighted by atomic mass is 14.7. The number of nitrogens with two attached hydrogens (primary N) is 1. The average Bonchev–Trinajstić information content (AvgIpc) is 1.88. The van der Waals surface area contributed by atoms with Crippen molar-refractivity contribution in [2.24, 2.45) is 17.6 Å². The topological polar surface area (TPSA) is 26.0 Å². The molecule has 0 saturated heterocycles. The standard InChI is InChI=1S/C9H19N/c1-7(2)8-5-3-4-6-9(8)10/h7-9H,3-6,10H2,1-2H3/t8-,9+/m1/s1. The van der Waals surface area contributed by atoms with Gasteiger partial charge in [0, 0.05) is 6.04 Å². The van der Waals surface area contributed by atoms with E-state index in [1.165, 1.54) is 25.7 Å². The molecule has 0 aromatic heterocycles. The van der Waals surface area contributed by atoms with Crippen molar-refractivity contribution in [1.82, 2.24) is 0 Å². The molecule has 0 unspecified atom stereocenters. The van der Waals surface area contributed by atoms with Gasteiger partial charge in [0.05, 0.1) is 0 Å². The van der Waals surface area contributed by atoms with Crippen LogP contribution in [0.1, 0.15) is 39.5 Å². The molecule has 0 aromatic carbocycles. The lowest BCUT2D eigenvalue weighted by molar-refractivity contribution is 0.240. The number of rotatable bonds is 1. The molecule has 0 aliphatic heterocycles. The summed E-state index contributed by atoms with van der Waals surface area (Å²) in [5.74, 6) is 1.59. The Balaban J connectivity index is 2.40. The summed E-state index contributed by atoms with van der Waals surface area (Å²) in [6.45, 7) is 4.58. The van der Waals surface area contributed by atoms with Gasteiger partial charge in [-0.3, -0.25) is 0 Å². The summed E-state index contributed by atoms with van der Waals surface area (Å²) in [5, 5.41) is 0. The summed E-state index contributed by atoms with van der Waals surface area (Å²) in [7, 11) is 0. The van der Waals surface area contributed by atoms with Crippen molar-refractivity contribution in [3.05, 3.63) is 0 Å². The van der Waals surface area contributed by atoms with E-state index in [1.807, 2.05) is 0 Å². The van der Waals surface area contributed by atoms with E-state index in [0.29, 0.717) is 6.04 Å². The van der Waals surface area contributed by atoms with Gasteiger partial charge in [0.1, 0.15) is 0 Å². The molecule has 0 radical (unpaired) electrons. The molecule has 1 saturated carbocycles. The predicted octanol–water partition coefficient (Wildman–Crippen LogP) is 2.16. The first-order valence-electron chi connectivity index (χ1n) is 4.47. The van der Waals surface area contributed by atoms with Crippen LogP contribution in [0.25, 0.3) is 0 Å². The van der Waals surface area contributed by atoms with Crippen molar-refractivity contribution >= 4 is 0 Å². The van der Waals surface area contributed by atoms with E-state index >= 15 is 0 Å². The van der Waals surface area contributed by atoms with Gasteiger partial charge in [0.15, 0.2) is 0 Å². The highest BCUT2D eigenvalue weighted by Crippen LogP contribution is 2.28. The van der Waals surface area contributed by atoms with E-state index in [4.69, 9.17) is 5.73 Å². The summed E-state index contributed by atoms with van der Waals surface area (Å²) in [5.41, 5.74) is 5.98. The maximum atomic E-state index is 5.98.